The summed E-state index contributed by atoms with van der Waals surface area (Å²) in [5, 5.41) is 3.36. The molecule has 3 heterocycles. The zero-order valence-corrected chi connectivity index (χ0v) is 12.5. The third-order valence-corrected chi connectivity index (χ3v) is 3.90. The number of aromatic nitrogens is 2. The molecule has 7 heteroatoms. The number of hydrogen-bond donors (Lipinski definition) is 1. The maximum atomic E-state index is 5.17. The summed E-state index contributed by atoms with van der Waals surface area (Å²) in [4.78, 5) is 13.7. The highest BCUT2D eigenvalue weighted by Crippen LogP contribution is 2.15. The fourth-order valence-electron chi connectivity index (χ4n) is 2.50. The van der Waals surface area contributed by atoms with Crippen molar-refractivity contribution in [1.29, 1.82) is 0 Å². The molecule has 1 aromatic rings. The van der Waals surface area contributed by atoms with Gasteiger partial charge in [-0.1, -0.05) is 0 Å². The first-order chi connectivity index (χ1) is 10.3. The summed E-state index contributed by atoms with van der Waals surface area (Å²) < 4.78 is 10.3. The van der Waals surface area contributed by atoms with Crippen molar-refractivity contribution < 1.29 is 9.47 Å². The second-order valence-corrected chi connectivity index (χ2v) is 5.44. The molecule has 0 amide bonds. The summed E-state index contributed by atoms with van der Waals surface area (Å²) in [6.07, 6.45) is 1.82. The Balaban J connectivity index is 1.53. The average Bonchev–Trinajstić information content (AvgIpc) is 2.50. The van der Waals surface area contributed by atoms with Gasteiger partial charge in [-0.3, -0.25) is 4.90 Å². The van der Waals surface area contributed by atoms with Crippen LogP contribution in [-0.2, 0) is 9.47 Å². The molecule has 2 saturated heterocycles. The van der Waals surface area contributed by atoms with Crippen molar-refractivity contribution in [2.24, 2.45) is 0 Å². The van der Waals surface area contributed by atoms with Gasteiger partial charge in [0.1, 0.15) is 5.82 Å². The molecule has 0 bridgehead atoms. The van der Waals surface area contributed by atoms with E-state index < -0.39 is 0 Å². The SMILES string of the molecule is COCCN1CCN(c2nccc(NC3COC3)n2)CC1. The number of nitrogens with zero attached hydrogens (tertiary/aromatic N) is 4. The first-order valence-corrected chi connectivity index (χ1v) is 7.49. The van der Waals surface area contributed by atoms with Crippen molar-refractivity contribution in [3.8, 4) is 0 Å². The molecule has 0 spiro atoms. The maximum absolute atomic E-state index is 5.17. The third kappa shape index (κ3) is 3.81. The van der Waals surface area contributed by atoms with Crippen LogP contribution in [-0.4, -0.2) is 80.6 Å². The van der Waals surface area contributed by atoms with Crippen molar-refractivity contribution in [3.63, 3.8) is 0 Å². The van der Waals surface area contributed by atoms with E-state index in [9.17, 15) is 0 Å². The Morgan fingerprint density at radius 1 is 1.33 bits per heavy atom. The van der Waals surface area contributed by atoms with Crippen molar-refractivity contribution in [1.82, 2.24) is 14.9 Å². The van der Waals surface area contributed by atoms with Gasteiger partial charge >= 0.3 is 0 Å². The molecule has 1 aromatic heterocycles. The Labute approximate surface area is 125 Å². The summed E-state index contributed by atoms with van der Waals surface area (Å²) in [5.41, 5.74) is 0. The normalized spacial score (nSPS) is 20.3. The van der Waals surface area contributed by atoms with E-state index in [1.807, 2.05) is 12.3 Å². The highest BCUT2D eigenvalue weighted by molar-refractivity contribution is 5.42. The molecule has 0 unspecified atom stereocenters. The smallest absolute Gasteiger partial charge is 0.227 e. The summed E-state index contributed by atoms with van der Waals surface area (Å²) in [5.74, 6) is 1.70. The predicted molar refractivity (Wildman–Crippen MR) is 80.8 cm³/mol. The highest BCUT2D eigenvalue weighted by atomic mass is 16.5. The van der Waals surface area contributed by atoms with Gasteiger partial charge < -0.3 is 19.7 Å². The van der Waals surface area contributed by atoms with E-state index in [4.69, 9.17) is 9.47 Å². The van der Waals surface area contributed by atoms with Gasteiger partial charge in [-0.15, -0.1) is 0 Å². The van der Waals surface area contributed by atoms with Gasteiger partial charge in [0.25, 0.3) is 0 Å². The van der Waals surface area contributed by atoms with Crippen molar-refractivity contribution >= 4 is 11.8 Å². The molecule has 0 aliphatic carbocycles. The van der Waals surface area contributed by atoms with E-state index in [0.29, 0.717) is 6.04 Å². The van der Waals surface area contributed by atoms with Crippen LogP contribution in [0.15, 0.2) is 12.3 Å². The van der Waals surface area contributed by atoms with Crippen molar-refractivity contribution in [3.05, 3.63) is 12.3 Å². The molecule has 0 atom stereocenters. The van der Waals surface area contributed by atoms with E-state index in [1.54, 1.807) is 7.11 Å². The largest absolute Gasteiger partial charge is 0.383 e. The van der Waals surface area contributed by atoms with E-state index in [0.717, 1.165) is 64.3 Å². The van der Waals surface area contributed by atoms with Crippen LogP contribution >= 0.6 is 0 Å². The molecule has 0 saturated carbocycles. The van der Waals surface area contributed by atoms with Gasteiger partial charge in [0, 0.05) is 46.0 Å². The quantitative estimate of drug-likeness (QED) is 0.795. The molecule has 2 aliphatic rings. The number of rotatable bonds is 6. The minimum Gasteiger partial charge on any atom is -0.383 e. The summed E-state index contributed by atoms with van der Waals surface area (Å²) in [7, 11) is 1.75. The van der Waals surface area contributed by atoms with Gasteiger partial charge in [0.2, 0.25) is 5.95 Å². The highest BCUT2D eigenvalue weighted by Gasteiger charge is 2.21. The number of ether oxygens (including phenoxy) is 2. The van der Waals surface area contributed by atoms with Crippen LogP contribution in [0.4, 0.5) is 11.8 Å². The van der Waals surface area contributed by atoms with Crippen LogP contribution in [0.2, 0.25) is 0 Å². The summed E-state index contributed by atoms with van der Waals surface area (Å²) >= 11 is 0. The molecule has 1 N–H and O–H groups in total. The van der Waals surface area contributed by atoms with Crippen LogP contribution in [0.25, 0.3) is 0 Å². The lowest BCUT2D eigenvalue weighted by molar-refractivity contribution is 0.0209. The molecule has 0 aromatic carbocycles. The average molecular weight is 293 g/mol. The van der Waals surface area contributed by atoms with E-state index in [-0.39, 0.29) is 0 Å². The van der Waals surface area contributed by atoms with Gasteiger partial charge in [0.05, 0.1) is 25.9 Å². The predicted octanol–water partition coefficient (Wildman–Crippen LogP) is 0.0557. The second-order valence-electron chi connectivity index (χ2n) is 5.44. The number of nitrogens with one attached hydrogen (secondary N) is 1. The van der Waals surface area contributed by atoms with Gasteiger partial charge in [-0.25, -0.2) is 4.98 Å². The van der Waals surface area contributed by atoms with Crippen LogP contribution in [0.1, 0.15) is 0 Å². The number of anilines is 2. The Morgan fingerprint density at radius 2 is 2.14 bits per heavy atom. The summed E-state index contributed by atoms with van der Waals surface area (Å²) in [6, 6.07) is 2.30. The molecular formula is C14H23N5O2. The van der Waals surface area contributed by atoms with Crippen molar-refractivity contribution in [2.45, 2.75) is 6.04 Å². The topological polar surface area (TPSA) is 62.8 Å². The Bertz CT molecular complexity index is 447. The zero-order chi connectivity index (χ0) is 14.5. The van der Waals surface area contributed by atoms with E-state index in [2.05, 4.69) is 25.1 Å². The molecule has 116 valence electrons. The van der Waals surface area contributed by atoms with Gasteiger partial charge in [-0.05, 0) is 6.07 Å². The number of piperazine rings is 1. The molecule has 7 nitrogen and oxygen atoms in total. The lowest BCUT2D eigenvalue weighted by Gasteiger charge is -2.34. The minimum atomic E-state index is 0.388. The minimum absolute atomic E-state index is 0.388. The Kier molecular flexibility index (Phi) is 4.84. The van der Waals surface area contributed by atoms with E-state index in [1.165, 1.54) is 0 Å². The molecule has 21 heavy (non-hydrogen) atoms. The lowest BCUT2D eigenvalue weighted by Crippen LogP contribution is -2.48. The van der Waals surface area contributed by atoms with Crippen LogP contribution < -0.4 is 10.2 Å². The van der Waals surface area contributed by atoms with Crippen LogP contribution in [0.3, 0.4) is 0 Å². The van der Waals surface area contributed by atoms with Crippen LogP contribution in [0.5, 0.6) is 0 Å². The third-order valence-electron chi connectivity index (χ3n) is 3.90. The maximum Gasteiger partial charge on any atom is 0.227 e. The standard InChI is InChI=1S/C14H23N5O2/c1-20-9-8-18-4-6-19(7-5-18)14-15-3-2-13(17-14)16-12-10-21-11-12/h2-3,12H,4-11H2,1H3,(H,15,16,17). The molecule has 2 aliphatic heterocycles. The van der Waals surface area contributed by atoms with Gasteiger partial charge in [-0.2, -0.15) is 4.98 Å². The van der Waals surface area contributed by atoms with Crippen LogP contribution in [0, 0.1) is 0 Å². The summed E-state index contributed by atoms with van der Waals surface area (Å²) in [6.45, 7) is 7.28. The fraction of sp³-hybridized carbons (Fsp3) is 0.714. The number of methoxy groups -OCH3 is 1. The zero-order valence-electron chi connectivity index (χ0n) is 12.5. The Hall–Kier alpha value is -1.44. The Morgan fingerprint density at radius 3 is 2.81 bits per heavy atom. The second kappa shape index (κ2) is 7.02. The van der Waals surface area contributed by atoms with Gasteiger partial charge in [0.15, 0.2) is 0 Å². The molecular weight excluding hydrogens is 270 g/mol. The molecule has 0 radical (unpaired) electrons. The molecule has 2 fully saturated rings. The first-order valence-electron chi connectivity index (χ1n) is 7.49. The number of hydrogen-bond acceptors (Lipinski definition) is 7. The lowest BCUT2D eigenvalue weighted by atomic mass is 10.2. The van der Waals surface area contributed by atoms with E-state index >= 15 is 0 Å². The van der Waals surface area contributed by atoms with Crippen molar-refractivity contribution in [2.75, 3.05) is 69.9 Å². The first kappa shape index (κ1) is 14.5. The monoisotopic (exact) mass is 293 g/mol. The molecule has 3 rings (SSSR count). The fourth-order valence-corrected chi connectivity index (χ4v) is 2.50.